The second-order valence-corrected chi connectivity index (χ2v) is 5.10. The summed E-state index contributed by atoms with van der Waals surface area (Å²) >= 11 is 0. The van der Waals surface area contributed by atoms with Crippen LogP contribution in [-0.2, 0) is 12.7 Å². The van der Waals surface area contributed by atoms with Crippen molar-refractivity contribution in [3.05, 3.63) is 71.7 Å². The molecule has 0 saturated heterocycles. The van der Waals surface area contributed by atoms with Gasteiger partial charge in [-0.1, -0.05) is 18.2 Å². The van der Waals surface area contributed by atoms with Crippen molar-refractivity contribution in [1.82, 2.24) is 15.3 Å². The van der Waals surface area contributed by atoms with Crippen molar-refractivity contribution in [2.75, 3.05) is 0 Å². The molecule has 0 spiro atoms. The maximum Gasteiger partial charge on any atom is 0.416 e. The summed E-state index contributed by atoms with van der Waals surface area (Å²) in [6.07, 6.45) is -1.30. The highest BCUT2D eigenvalue weighted by Gasteiger charge is 2.32. The Balaban J connectivity index is 1.78. The summed E-state index contributed by atoms with van der Waals surface area (Å²) in [5.74, 6) is -0.536. The van der Waals surface area contributed by atoms with Crippen molar-refractivity contribution in [2.45, 2.75) is 12.7 Å². The molecule has 2 aromatic heterocycles. The van der Waals surface area contributed by atoms with E-state index in [1.165, 1.54) is 24.3 Å². The van der Waals surface area contributed by atoms with Crippen LogP contribution in [0.5, 0.6) is 0 Å². The Labute approximate surface area is 135 Å². The molecule has 2 heterocycles. The number of pyridine rings is 2. The molecule has 0 aliphatic carbocycles. The number of benzene rings is 1. The van der Waals surface area contributed by atoms with Gasteiger partial charge in [-0.2, -0.15) is 13.2 Å². The van der Waals surface area contributed by atoms with Crippen LogP contribution in [-0.4, -0.2) is 15.9 Å². The van der Waals surface area contributed by atoms with Crippen LogP contribution in [0, 0.1) is 0 Å². The lowest BCUT2D eigenvalue weighted by Crippen LogP contribution is -2.25. The topological polar surface area (TPSA) is 54.9 Å². The van der Waals surface area contributed by atoms with E-state index in [4.69, 9.17) is 0 Å². The Morgan fingerprint density at radius 1 is 1.08 bits per heavy atom. The van der Waals surface area contributed by atoms with E-state index >= 15 is 0 Å². The van der Waals surface area contributed by atoms with Gasteiger partial charge in [0.25, 0.3) is 5.91 Å². The molecule has 24 heavy (non-hydrogen) atoms. The quantitative estimate of drug-likeness (QED) is 0.798. The number of halogens is 3. The molecule has 0 fully saturated rings. The van der Waals surface area contributed by atoms with Crippen LogP contribution in [0.1, 0.15) is 21.6 Å². The standard InChI is InChI=1S/C17H12F3N3O/c18-17(19,20)13-4-2-1-3-11(13)10-22-16(24)15-6-5-12-9-21-8-7-14(12)23-15/h1-9H,10H2,(H,22,24). The van der Waals surface area contributed by atoms with Crippen molar-refractivity contribution in [1.29, 1.82) is 0 Å². The van der Waals surface area contributed by atoms with Gasteiger partial charge in [0.05, 0.1) is 11.1 Å². The van der Waals surface area contributed by atoms with Gasteiger partial charge in [0, 0.05) is 24.3 Å². The van der Waals surface area contributed by atoms with E-state index in [0.29, 0.717) is 5.52 Å². The lowest BCUT2D eigenvalue weighted by Gasteiger charge is -2.13. The van der Waals surface area contributed by atoms with Gasteiger partial charge in [0.15, 0.2) is 0 Å². The van der Waals surface area contributed by atoms with Crippen molar-refractivity contribution < 1.29 is 18.0 Å². The molecule has 7 heteroatoms. The number of carbonyl (C=O) groups excluding carboxylic acids is 1. The Hall–Kier alpha value is -2.96. The van der Waals surface area contributed by atoms with Gasteiger partial charge in [0.2, 0.25) is 0 Å². The zero-order valence-corrected chi connectivity index (χ0v) is 12.3. The zero-order chi connectivity index (χ0) is 17.2. The molecule has 1 amide bonds. The van der Waals surface area contributed by atoms with Crippen LogP contribution in [0.25, 0.3) is 10.9 Å². The van der Waals surface area contributed by atoms with Gasteiger partial charge in [-0.05, 0) is 29.8 Å². The second kappa shape index (κ2) is 6.27. The maximum absolute atomic E-state index is 12.9. The highest BCUT2D eigenvalue weighted by Crippen LogP contribution is 2.31. The highest BCUT2D eigenvalue weighted by molar-refractivity contribution is 5.94. The normalized spacial score (nSPS) is 11.5. The lowest BCUT2D eigenvalue weighted by molar-refractivity contribution is -0.138. The number of alkyl halides is 3. The Bertz CT molecular complexity index is 893. The summed E-state index contributed by atoms with van der Waals surface area (Å²) in [4.78, 5) is 20.3. The number of hydrogen-bond acceptors (Lipinski definition) is 3. The molecule has 4 nitrogen and oxygen atoms in total. The average Bonchev–Trinajstić information content (AvgIpc) is 2.58. The summed E-state index contributed by atoms with van der Waals surface area (Å²) in [6, 6.07) is 9.99. The van der Waals surface area contributed by atoms with E-state index < -0.39 is 17.6 Å². The lowest BCUT2D eigenvalue weighted by atomic mass is 10.1. The summed E-state index contributed by atoms with van der Waals surface area (Å²) in [7, 11) is 0. The summed E-state index contributed by atoms with van der Waals surface area (Å²) in [5.41, 5.74) is -0.0299. The van der Waals surface area contributed by atoms with E-state index in [1.54, 1.807) is 24.5 Å². The number of nitrogens with zero attached hydrogens (tertiary/aromatic N) is 2. The SMILES string of the molecule is O=C(NCc1ccccc1C(F)(F)F)c1ccc2cnccc2n1. The van der Waals surface area contributed by atoms with Crippen molar-refractivity contribution in [3.63, 3.8) is 0 Å². The Kier molecular flexibility index (Phi) is 4.16. The Morgan fingerprint density at radius 3 is 2.67 bits per heavy atom. The molecule has 3 rings (SSSR count). The van der Waals surface area contributed by atoms with E-state index in [-0.39, 0.29) is 17.8 Å². The average molecular weight is 331 g/mol. The monoisotopic (exact) mass is 331 g/mol. The van der Waals surface area contributed by atoms with Gasteiger partial charge >= 0.3 is 6.18 Å². The number of aromatic nitrogens is 2. The smallest absolute Gasteiger partial charge is 0.347 e. The largest absolute Gasteiger partial charge is 0.416 e. The van der Waals surface area contributed by atoms with Crippen LogP contribution in [0.2, 0.25) is 0 Å². The zero-order valence-electron chi connectivity index (χ0n) is 12.3. The van der Waals surface area contributed by atoms with Crippen LogP contribution < -0.4 is 5.32 Å². The summed E-state index contributed by atoms with van der Waals surface area (Å²) < 4.78 is 38.8. The third-order valence-electron chi connectivity index (χ3n) is 3.48. The third kappa shape index (κ3) is 3.34. The van der Waals surface area contributed by atoms with Gasteiger partial charge in [0.1, 0.15) is 5.69 Å². The van der Waals surface area contributed by atoms with Gasteiger partial charge in [-0.15, -0.1) is 0 Å². The first-order valence-electron chi connectivity index (χ1n) is 7.09. The summed E-state index contributed by atoms with van der Waals surface area (Å²) in [6.45, 7) is -0.232. The first-order valence-corrected chi connectivity index (χ1v) is 7.09. The van der Waals surface area contributed by atoms with Crippen LogP contribution >= 0.6 is 0 Å². The van der Waals surface area contributed by atoms with Gasteiger partial charge in [-0.3, -0.25) is 9.78 Å². The predicted molar refractivity (Wildman–Crippen MR) is 82.2 cm³/mol. The number of carbonyl (C=O) groups is 1. The van der Waals surface area contributed by atoms with Crippen LogP contribution in [0.3, 0.4) is 0 Å². The number of amides is 1. The van der Waals surface area contributed by atoms with E-state index in [9.17, 15) is 18.0 Å². The molecule has 0 radical (unpaired) electrons. The molecule has 1 N–H and O–H groups in total. The van der Waals surface area contributed by atoms with E-state index in [1.807, 2.05) is 0 Å². The predicted octanol–water partition coefficient (Wildman–Crippen LogP) is 3.58. The Morgan fingerprint density at radius 2 is 1.88 bits per heavy atom. The fraction of sp³-hybridized carbons (Fsp3) is 0.118. The molecule has 0 bridgehead atoms. The van der Waals surface area contributed by atoms with Crippen molar-refractivity contribution in [2.24, 2.45) is 0 Å². The van der Waals surface area contributed by atoms with Crippen LogP contribution in [0.15, 0.2) is 54.9 Å². The fourth-order valence-corrected chi connectivity index (χ4v) is 2.31. The molecule has 1 aromatic carbocycles. The molecular weight excluding hydrogens is 319 g/mol. The number of rotatable bonds is 3. The van der Waals surface area contributed by atoms with E-state index in [2.05, 4.69) is 15.3 Å². The fourth-order valence-electron chi connectivity index (χ4n) is 2.31. The number of hydrogen-bond donors (Lipinski definition) is 1. The minimum atomic E-state index is -4.46. The molecule has 0 atom stereocenters. The molecule has 0 aliphatic rings. The summed E-state index contributed by atoms with van der Waals surface area (Å²) in [5, 5.41) is 3.25. The molecular formula is C17H12F3N3O. The first-order chi connectivity index (χ1) is 11.4. The first kappa shape index (κ1) is 15.9. The van der Waals surface area contributed by atoms with Gasteiger partial charge in [-0.25, -0.2) is 4.98 Å². The molecule has 0 unspecified atom stereocenters. The molecule has 3 aromatic rings. The second-order valence-electron chi connectivity index (χ2n) is 5.10. The minimum Gasteiger partial charge on any atom is -0.347 e. The molecule has 0 saturated carbocycles. The number of fused-ring (bicyclic) bond motifs is 1. The number of nitrogens with one attached hydrogen (secondary N) is 1. The highest BCUT2D eigenvalue weighted by atomic mass is 19.4. The minimum absolute atomic E-state index is 0.00309. The van der Waals surface area contributed by atoms with Crippen molar-refractivity contribution >= 4 is 16.8 Å². The molecule has 0 aliphatic heterocycles. The molecule has 122 valence electrons. The van der Waals surface area contributed by atoms with Crippen LogP contribution in [0.4, 0.5) is 13.2 Å². The van der Waals surface area contributed by atoms with Crippen molar-refractivity contribution in [3.8, 4) is 0 Å². The maximum atomic E-state index is 12.9. The van der Waals surface area contributed by atoms with Gasteiger partial charge < -0.3 is 5.32 Å². The van der Waals surface area contributed by atoms with E-state index in [0.717, 1.165) is 11.5 Å². The third-order valence-corrected chi connectivity index (χ3v) is 3.48.